The van der Waals surface area contributed by atoms with E-state index in [-0.39, 0.29) is 0 Å². The fraction of sp³-hybridized carbons (Fsp3) is 0.417. The van der Waals surface area contributed by atoms with Crippen LogP contribution >= 0.6 is 11.6 Å². The average Bonchev–Trinajstić information content (AvgIpc) is 2.33. The lowest BCUT2D eigenvalue weighted by atomic mass is 10.1. The molecule has 92 valence electrons. The van der Waals surface area contributed by atoms with Crippen LogP contribution < -0.4 is 9.80 Å². The van der Waals surface area contributed by atoms with Crippen molar-refractivity contribution in [2.45, 2.75) is 32.3 Å². The highest BCUT2D eigenvalue weighted by Gasteiger charge is 2.34. The van der Waals surface area contributed by atoms with Crippen molar-refractivity contribution in [1.82, 2.24) is 0 Å². The minimum Gasteiger partial charge on any atom is -0.477 e. The minimum absolute atomic E-state index is 0.301. The highest BCUT2D eigenvalue weighted by Crippen LogP contribution is 2.39. The van der Waals surface area contributed by atoms with E-state index in [4.69, 9.17) is 16.3 Å². The van der Waals surface area contributed by atoms with E-state index < -0.39 is 12.0 Å². The second-order valence-electron chi connectivity index (χ2n) is 3.99. The van der Waals surface area contributed by atoms with E-state index in [1.165, 1.54) is 0 Å². The third-order valence-electron chi connectivity index (χ3n) is 2.74. The first kappa shape index (κ1) is 12.2. The number of hydrogen-bond donors (Lipinski definition) is 1. The van der Waals surface area contributed by atoms with Gasteiger partial charge in [0.15, 0.2) is 11.9 Å². The van der Waals surface area contributed by atoms with E-state index >= 15 is 0 Å². The number of rotatable bonds is 3. The maximum Gasteiger partial charge on any atom is 0.291 e. The van der Waals surface area contributed by atoms with Gasteiger partial charge in [-0.3, -0.25) is 10.0 Å². The molecule has 0 spiro atoms. The van der Waals surface area contributed by atoms with E-state index in [1.54, 1.807) is 18.2 Å². The molecule has 1 aromatic carbocycles. The summed E-state index contributed by atoms with van der Waals surface area (Å²) < 4.78 is 5.56. The summed E-state index contributed by atoms with van der Waals surface area (Å²) in [5.41, 5.74) is 0.301. The lowest BCUT2D eigenvalue weighted by molar-refractivity contribution is -0.132. The molecule has 0 saturated heterocycles. The summed E-state index contributed by atoms with van der Waals surface area (Å²) in [4.78, 5) is 11.8. The van der Waals surface area contributed by atoms with Crippen LogP contribution in [-0.4, -0.2) is 17.2 Å². The van der Waals surface area contributed by atoms with E-state index in [2.05, 4.69) is 0 Å². The maximum atomic E-state index is 11.8. The second-order valence-corrected chi connectivity index (χ2v) is 4.39. The molecule has 1 heterocycles. The number of hydrogen-bond acceptors (Lipinski definition) is 3. The van der Waals surface area contributed by atoms with E-state index in [0.717, 1.165) is 12.8 Å². The van der Waals surface area contributed by atoms with Crippen LogP contribution in [0.25, 0.3) is 0 Å². The molecule has 0 unspecified atom stereocenters. The molecule has 1 aromatic rings. The monoisotopic (exact) mass is 255 g/mol. The highest BCUT2D eigenvalue weighted by atomic mass is 35.5. The number of benzene rings is 1. The highest BCUT2D eigenvalue weighted by molar-refractivity contribution is 6.32. The normalized spacial score (nSPS) is 18.9. The smallest absolute Gasteiger partial charge is 0.291 e. The number of nitrogens with zero attached hydrogens (tertiary/aromatic N) is 1. The quantitative estimate of drug-likeness (QED) is 0.845. The van der Waals surface area contributed by atoms with Gasteiger partial charge in [-0.2, -0.15) is 5.06 Å². The first-order valence-corrected chi connectivity index (χ1v) is 6.01. The number of para-hydroxylation sites is 1. The number of halogens is 1. The Hall–Kier alpha value is -1.26. The van der Waals surface area contributed by atoms with Crippen LogP contribution in [0.1, 0.15) is 26.2 Å². The van der Waals surface area contributed by atoms with Crippen molar-refractivity contribution in [1.29, 1.82) is 0 Å². The molecule has 0 radical (unpaired) electrons. The summed E-state index contributed by atoms with van der Waals surface area (Å²) in [5, 5.41) is 10.8. The zero-order chi connectivity index (χ0) is 12.4. The zero-order valence-electron chi connectivity index (χ0n) is 9.52. The molecular weight excluding hydrogens is 242 g/mol. The number of carbonyl (C=O) groups excluding carboxylic acids is 1. The van der Waals surface area contributed by atoms with Crippen LogP contribution in [0.5, 0.6) is 5.75 Å². The van der Waals surface area contributed by atoms with Crippen LogP contribution in [0, 0.1) is 0 Å². The number of hydroxylamine groups is 1. The summed E-state index contributed by atoms with van der Waals surface area (Å²) in [7, 11) is 0. The van der Waals surface area contributed by atoms with Gasteiger partial charge in [-0.15, -0.1) is 0 Å². The summed E-state index contributed by atoms with van der Waals surface area (Å²) in [6, 6.07) is 4.92. The molecule has 4 nitrogen and oxygen atoms in total. The Kier molecular flexibility index (Phi) is 3.54. The fourth-order valence-electron chi connectivity index (χ4n) is 1.80. The Morgan fingerprint density at radius 2 is 2.29 bits per heavy atom. The van der Waals surface area contributed by atoms with Gasteiger partial charge >= 0.3 is 0 Å². The first-order chi connectivity index (χ1) is 8.15. The van der Waals surface area contributed by atoms with Gasteiger partial charge in [0.1, 0.15) is 5.69 Å². The molecule has 0 aromatic heterocycles. The molecule has 1 aliphatic heterocycles. The van der Waals surface area contributed by atoms with Crippen LogP contribution in [0.15, 0.2) is 18.2 Å². The van der Waals surface area contributed by atoms with Gasteiger partial charge in [0, 0.05) is 0 Å². The topological polar surface area (TPSA) is 49.8 Å². The molecule has 17 heavy (non-hydrogen) atoms. The van der Waals surface area contributed by atoms with Gasteiger partial charge in [0.2, 0.25) is 0 Å². The standard InChI is InChI=1S/C12H14ClNO3/c1-2-3-7-10-12(15)14(16)9-6-4-5-8(13)11(9)17-10/h4-6,10,16H,2-3,7H2,1H3/t10-/m1/s1. The van der Waals surface area contributed by atoms with E-state index in [1.807, 2.05) is 6.92 Å². The maximum absolute atomic E-state index is 11.8. The zero-order valence-corrected chi connectivity index (χ0v) is 10.3. The van der Waals surface area contributed by atoms with E-state index in [0.29, 0.717) is 27.9 Å². The van der Waals surface area contributed by atoms with Crippen molar-refractivity contribution >= 4 is 23.2 Å². The molecule has 0 bridgehead atoms. The molecule has 0 fully saturated rings. The molecular formula is C12H14ClNO3. The van der Waals surface area contributed by atoms with Crippen molar-refractivity contribution in [3.63, 3.8) is 0 Å². The molecule has 5 heteroatoms. The van der Waals surface area contributed by atoms with E-state index in [9.17, 15) is 10.0 Å². The molecule has 1 amide bonds. The van der Waals surface area contributed by atoms with Crippen LogP contribution in [-0.2, 0) is 4.79 Å². The molecule has 0 saturated carbocycles. The number of amides is 1. The average molecular weight is 256 g/mol. The van der Waals surface area contributed by atoms with Crippen LogP contribution in [0.2, 0.25) is 5.02 Å². The van der Waals surface area contributed by atoms with Gasteiger partial charge in [-0.25, -0.2) is 0 Å². The number of unbranched alkanes of at least 4 members (excludes halogenated alkanes) is 1. The molecule has 0 aliphatic carbocycles. The predicted octanol–water partition coefficient (Wildman–Crippen LogP) is 3.01. The summed E-state index contributed by atoms with van der Waals surface area (Å²) in [6.07, 6.45) is 1.77. The lowest BCUT2D eigenvalue weighted by Gasteiger charge is -2.30. The number of anilines is 1. The van der Waals surface area contributed by atoms with Gasteiger partial charge in [-0.05, 0) is 25.0 Å². The van der Waals surface area contributed by atoms with Crippen molar-refractivity contribution in [3.8, 4) is 5.75 Å². The van der Waals surface area contributed by atoms with Crippen molar-refractivity contribution < 1.29 is 14.7 Å². The second kappa shape index (κ2) is 4.94. The predicted molar refractivity (Wildman–Crippen MR) is 64.7 cm³/mol. The minimum atomic E-state index is -0.646. The Balaban J connectivity index is 2.30. The Morgan fingerprint density at radius 1 is 1.53 bits per heavy atom. The van der Waals surface area contributed by atoms with Gasteiger partial charge in [0.05, 0.1) is 5.02 Å². The first-order valence-electron chi connectivity index (χ1n) is 5.63. The Labute approximate surface area is 105 Å². The summed E-state index contributed by atoms with van der Waals surface area (Å²) in [6.45, 7) is 2.03. The van der Waals surface area contributed by atoms with Crippen molar-refractivity contribution in [3.05, 3.63) is 23.2 Å². The van der Waals surface area contributed by atoms with Crippen molar-refractivity contribution in [2.24, 2.45) is 0 Å². The summed E-state index contributed by atoms with van der Waals surface area (Å²) >= 11 is 5.98. The number of carbonyl (C=O) groups is 1. The van der Waals surface area contributed by atoms with Gasteiger partial charge in [0.25, 0.3) is 5.91 Å². The lowest BCUT2D eigenvalue weighted by Crippen LogP contribution is -2.44. The van der Waals surface area contributed by atoms with Gasteiger partial charge in [-0.1, -0.05) is 31.0 Å². The van der Waals surface area contributed by atoms with Crippen LogP contribution in [0.4, 0.5) is 5.69 Å². The van der Waals surface area contributed by atoms with Gasteiger partial charge < -0.3 is 4.74 Å². The fourth-order valence-corrected chi connectivity index (χ4v) is 2.01. The third-order valence-corrected chi connectivity index (χ3v) is 3.04. The Morgan fingerprint density at radius 3 is 3.00 bits per heavy atom. The molecule has 1 aliphatic rings. The van der Waals surface area contributed by atoms with Crippen LogP contribution in [0.3, 0.4) is 0 Å². The largest absolute Gasteiger partial charge is 0.477 e. The Bertz CT molecular complexity index is 436. The number of fused-ring (bicyclic) bond motifs is 1. The third kappa shape index (κ3) is 2.23. The number of ether oxygens (including phenoxy) is 1. The molecule has 1 N–H and O–H groups in total. The summed E-state index contributed by atoms with van der Waals surface area (Å²) in [5.74, 6) is -0.0643. The molecule has 2 rings (SSSR count). The van der Waals surface area contributed by atoms with Crippen molar-refractivity contribution in [2.75, 3.05) is 5.06 Å². The molecule has 1 atom stereocenters. The SMILES string of the molecule is CCCC[C@H]1Oc2c(Cl)cccc2N(O)C1=O.